The monoisotopic (exact) mass is 628 g/mol. The summed E-state index contributed by atoms with van der Waals surface area (Å²) in [7, 11) is 0. The average molecular weight is 629 g/mol. The lowest BCUT2D eigenvalue weighted by Crippen LogP contribution is -2.32. The first-order valence-electron chi connectivity index (χ1n) is 15.7. The fraction of sp³-hybridized carbons (Fsp3) is 0.600. The number of aromatic hydroxyl groups is 2. The predicted molar refractivity (Wildman–Crippen MR) is 172 cm³/mol. The Kier molecular flexibility index (Phi) is 11.0. The number of phenolic OH excluding ortho intramolecular Hbond substituents is 2. The van der Waals surface area contributed by atoms with Crippen LogP contribution in [-0.2, 0) is 31.9 Å². The van der Waals surface area contributed by atoms with Crippen LogP contribution in [0.25, 0.3) is 0 Å². The largest absolute Gasteiger partial charge is 0.507 e. The van der Waals surface area contributed by atoms with E-state index in [1.807, 2.05) is 55.4 Å². The minimum atomic E-state index is -0.299. The molecule has 2 aliphatic rings. The molecule has 8 nitrogen and oxygen atoms in total. The van der Waals surface area contributed by atoms with E-state index in [1.54, 1.807) is 0 Å². The molecule has 2 aromatic carbocycles. The number of ether oxygens (including phenoxy) is 4. The summed E-state index contributed by atoms with van der Waals surface area (Å²) in [4.78, 5) is 24.6. The molecule has 0 saturated heterocycles. The molecule has 2 aliphatic heterocycles. The van der Waals surface area contributed by atoms with Crippen LogP contribution in [0.5, 0.6) is 23.0 Å². The molecule has 0 fully saturated rings. The molecular formula is C35H48O8S. The van der Waals surface area contributed by atoms with E-state index in [2.05, 4.69) is 0 Å². The van der Waals surface area contributed by atoms with Crippen molar-refractivity contribution in [3.8, 4) is 23.0 Å². The van der Waals surface area contributed by atoms with Gasteiger partial charge in [-0.05, 0) is 114 Å². The van der Waals surface area contributed by atoms with Crippen molar-refractivity contribution in [2.24, 2.45) is 11.8 Å². The number of fused-ring (bicyclic) bond motifs is 2. The molecule has 2 heterocycles. The van der Waals surface area contributed by atoms with Crippen molar-refractivity contribution in [2.75, 3.05) is 24.7 Å². The first kappa shape index (κ1) is 33.8. The summed E-state index contributed by atoms with van der Waals surface area (Å²) in [5, 5.41) is 21.0. The lowest BCUT2D eigenvalue weighted by Gasteiger charge is -2.34. The highest BCUT2D eigenvalue weighted by molar-refractivity contribution is 7.99. The van der Waals surface area contributed by atoms with Crippen LogP contribution in [0.15, 0.2) is 0 Å². The number of hydrogen-bond donors (Lipinski definition) is 2. The number of benzene rings is 2. The molecule has 0 bridgehead atoms. The summed E-state index contributed by atoms with van der Waals surface area (Å²) in [6.07, 6.45) is 3.09. The Labute approximate surface area is 265 Å². The first-order chi connectivity index (χ1) is 20.8. The average Bonchev–Trinajstić information content (AvgIpc) is 3.00. The van der Waals surface area contributed by atoms with E-state index in [-0.39, 0.29) is 48.2 Å². The predicted octanol–water partition coefficient (Wildman–Crippen LogP) is 6.52. The van der Waals surface area contributed by atoms with Gasteiger partial charge in [0, 0.05) is 28.7 Å². The summed E-state index contributed by atoms with van der Waals surface area (Å²) in [5.41, 5.74) is 7.44. The van der Waals surface area contributed by atoms with Crippen LogP contribution in [0.3, 0.4) is 0 Å². The highest BCUT2D eigenvalue weighted by Crippen LogP contribution is 2.44. The molecule has 44 heavy (non-hydrogen) atoms. The highest BCUT2D eigenvalue weighted by atomic mass is 32.2. The summed E-state index contributed by atoms with van der Waals surface area (Å²) < 4.78 is 23.4. The van der Waals surface area contributed by atoms with E-state index < -0.39 is 0 Å². The van der Waals surface area contributed by atoms with E-state index in [1.165, 1.54) is 11.8 Å². The zero-order valence-corrected chi connectivity index (χ0v) is 28.2. The van der Waals surface area contributed by atoms with Gasteiger partial charge in [-0.3, -0.25) is 9.59 Å². The number of phenols is 2. The first-order valence-corrected chi connectivity index (χ1v) is 16.8. The third-order valence-corrected chi connectivity index (χ3v) is 10.7. The molecule has 0 aliphatic carbocycles. The zero-order valence-electron chi connectivity index (χ0n) is 27.4. The van der Waals surface area contributed by atoms with E-state index in [9.17, 15) is 19.8 Å². The highest BCUT2D eigenvalue weighted by Gasteiger charge is 2.32. The van der Waals surface area contributed by atoms with Crippen LogP contribution in [0.1, 0.15) is 77.6 Å². The summed E-state index contributed by atoms with van der Waals surface area (Å²) >= 11 is 1.36. The molecule has 4 unspecified atom stereocenters. The molecule has 2 aromatic rings. The summed E-state index contributed by atoms with van der Waals surface area (Å²) in [6.45, 7) is 16.3. The van der Waals surface area contributed by atoms with Crippen LogP contribution in [0, 0.1) is 53.4 Å². The van der Waals surface area contributed by atoms with Crippen molar-refractivity contribution in [1.82, 2.24) is 0 Å². The van der Waals surface area contributed by atoms with Crippen molar-refractivity contribution in [1.29, 1.82) is 0 Å². The van der Waals surface area contributed by atoms with Gasteiger partial charge in [0.1, 0.15) is 23.0 Å². The van der Waals surface area contributed by atoms with E-state index in [4.69, 9.17) is 18.9 Å². The van der Waals surface area contributed by atoms with Crippen LogP contribution >= 0.6 is 11.8 Å². The Hall–Kier alpha value is -3.07. The van der Waals surface area contributed by atoms with E-state index >= 15 is 0 Å². The maximum Gasteiger partial charge on any atom is 0.315 e. The molecule has 0 radical (unpaired) electrons. The summed E-state index contributed by atoms with van der Waals surface area (Å²) in [5.74, 6) is 2.84. The second kappa shape index (κ2) is 14.4. The van der Waals surface area contributed by atoms with Gasteiger partial charge in [-0.25, -0.2) is 0 Å². The van der Waals surface area contributed by atoms with Crippen LogP contribution in [-0.4, -0.2) is 59.1 Å². The van der Waals surface area contributed by atoms with Crippen molar-refractivity contribution in [3.05, 3.63) is 44.5 Å². The van der Waals surface area contributed by atoms with Gasteiger partial charge in [0.25, 0.3) is 0 Å². The molecule has 2 N–H and O–H groups in total. The normalized spacial score (nSPS) is 20.6. The topological polar surface area (TPSA) is 112 Å². The van der Waals surface area contributed by atoms with Gasteiger partial charge in [0.05, 0.1) is 37.6 Å². The van der Waals surface area contributed by atoms with Gasteiger partial charge in [-0.1, -0.05) is 0 Å². The fourth-order valence-corrected chi connectivity index (χ4v) is 7.02. The van der Waals surface area contributed by atoms with Crippen molar-refractivity contribution < 1.29 is 38.7 Å². The quantitative estimate of drug-likeness (QED) is 0.212. The van der Waals surface area contributed by atoms with Crippen LogP contribution in [0.4, 0.5) is 0 Å². The van der Waals surface area contributed by atoms with Gasteiger partial charge in [0.2, 0.25) is 0 Å². The molecule has 0 amide bonds. The molecule has 0 saturated carbocycles. The maximum absolute atomic E-state index is 12.3. The van der Waals surface area contributed by atoms with Crippen molar-refractivity contribution >= 4 is 23.7 Å². The fourth-order valence-electron chi connectivity index (χ4n) is 6.32. The molecular weight excluding hydrogens is 580 g/mol. The molecule has 9 heteroatoms. The van der Waals surface area contributed by atoms with Crippen LogP contribution in [0.2, 0.25) is 0 Å². The molecule has 242 valence electrons. The van der Waals surface area contributed by atoms with Gasteiger partial charge in [0.15, 0.2) is 0 Å². The zero-order chi connectivity index (χ0) is 32.3. The Morgan fingerprint density at radius 2 is 1.14 bits per heavy atom. The Morgan fingerprint density at radius 1 is 0.705 bits per heavy atom. The number of esters is 2. The summed E-state index contributed by atoms with van der Waals surface area (Å²) in [6, 6.07) is 0. The maximum atomic E-state index is 12.3. The standard InChI is InChI=1S/C35H48O8S/c1-18-20(3)34-28(22(5)32(18)38)15-26(24(7)42-34)9-12-40-30(36)11-14-44-17-31(37)41-13-10-27-16-29-23(6)33(39)19(2)21(4)35(29)43-25(27)8/h24-27,38-39H,9-17H2,1-8H3. The smallest absolute Gasteiger partial charge is 0.315 e. The number of hydrogen-bond acceptors (Lipinski definition) is 9. The van der Waals surface area contributed by atoms with Gasteiger partial charge >= 0.3 is 11.9 Å². The second-order valence-electron chi connectivity index (χ2n) is 12.5. The van der Waals surface area contributed by atoms with Crippen molar-refractivity contribution in [3.63, 3.8) is 0 Å². The molecule has 4 atom stereocenters. The third-order valence-electron chi connectivity index (χ3n) is 9.72. The number of rotatable bonds is 11. The third kappa shape index (κ3) is 7.24. The van der Waals surface area contributed by atoms with E-state index in [0.717, 1.165) is 68.8 Å². The van der Waals surface area contributed by atoms with Crippen molar-refractivity contribution in [2.45, 2.75) is 99.7 Å². The van der Waals surface area contributed by atoms with E-state index in [0.29, 0.717) is 43.3 Å². The second-order valence-corrected chi connectivity index (χ2v) is 13.6. The number of carbonyl (C=O) groups excluding carboxylic acids is 2. The molecule has 4 rings (SSSR count). The number of thioether (sulfide) groups is 1. The van der Waals surface area contributed by atoms with Gasteiger partial charge in [-0.2, -0.15) is 0 Å². The molecule has 0 spiro atoms. The Bertz CT molecular complexity index is 1300. The lowest BCUT2D eigenvalue weighted by molar-refractivity contribution is -0.144. The lowest BCUT2D eigenvalue weighted by atomic mass is 9.84. The number of carbonyl (C=O) groups is 2. The van der Waals surface area contributed by atoms with Gasteiger partial charge < -0.3 is 29.2 Å². The minimum absolute atomic E-state index is 0.0135. The van der Waals surface area contributed by atoms with Crippen LogP contribution < -0.4 is 9.47 Å². The Morgan fingerprint density at radius 3 is 1.59 bits per heavy atom. The Balaban J connectivity index is 1.11. The SMILES string of the molecule is Cc1c(C)c2c(c(C)c1O)CC(CCOC(=O)CCSCC(=O)OCCC1Cc3c(C)c(O)c(C)c(C)c3OC1C)C(C)O2. The minimum Gasteiger partial charge on any atom is -0.507 e. The van der Waals surface area contributed by atoms with Gasteiger partial charge in [-0.15, -0.1) is 11.8 Å². The molecule has 0 aromatic heterocycles.